The molecule has 0 bridgehead atoms. The molecule has 1 saturated carbocycles. The highest BCUT2D eigenvalue weighted by Crippen LogP contribution is 2.46. The fraction of sp³-hybridized carbons (Fsp3) is 0.667. The van der Waals surface area contributed by atoms with Gasteiger partial charge in [0.2, 0.25) is 0 Å². The molecule has 0 radical (unpaired) electrons. The summed E-state index contributed by atoms with van der Waals surface area (Å²) in [6.07, 6.45) is 7.64. The normalized spacial score (nSPS) is 23.5. The third kappa shape index (κ3) is 3.42. The van der Waals surface area contributed by atoms with E-state index in [9.17, 15) is 0 Å². The number of benzene rings is 1. The number of aryl methyl sites for hydroxylation is 1. The molecule has 0 aliphatic heterocycles. The number of hydrogen-bond donors (Lipinski definition) is 2. The van der Waals surface area contributed by atoms with Crippen LogP contribution in [0.25, 0.3) is 0 Å². The molecule has 20 heavy (non-hydrogen) atoms. The molecule has 2 atom stereocenters. The van der Waals surface area contributed by atoms with E-state index in [2.05, 4.69) is 50.5 Å². The zero-order valence-corrected chi connectivity index (χ0v) is 13.3. The van der Waals surface area contributed by atoms with Gasteiger partial charge in [-0.25, -0.2) is 0 Å². The van der Waals surface area contributed by atoms with Crippen molar-refractivity contribution in [1.29, 1.82) is 0 Å². The van der Waals surface area contributed by atoms with Crippen LogP contribution in [0.2, 0.25) is 0 Å². The summed E-state index contributed by atoms with van der Waals surface area (Å²) in [4.78, 5) is 0. The van der Waals surface area contributed by atoms with Gasteiger partial charge >= 0.3 is 0 Å². The lowest BCUT2D eigenvalue weighted by atomic mass is 9.65. The number of rotatable bonds is 5. The number of hydrazine groups is 1. The molecule has 2 rings (SSSR count). The Morgan fingerprint density at radius 2 is 1.95 bits per heavy atom. The SMILES string of the molecule is CCCc1ccc(C(NN)C2CCCCC2(C)C)cc1. The smallest absolute Gasteiger partial charge is 0.0493 e. The fourth-order valence-electron chi connectivity index (χ4n) is 3.76. The second kappa shape index (κ2) is 6.73. The van der Waals surface area contributed by atoms with Crippen molar-refractivity contribution in [3.05, 3.63) is 35.4 Å². The maximum absolute atomic E-state index is 5.90. The lowest BCUT2D eigenvalue weighted by molar-refractivity contribution is 0.0982. The second-order valence-electron chi connectivity index (χ2n) is 6.98. The van der Waals surface area contributed by atoms with Gasteiger partial charge in [-0.2, -0.15) is 0 Å². The van der Waals surface area contributed by atoms with Crippen LogP contribution in [0.3, 0.4) is 0 Å². The third-order valence-electron chi connectivity index (χ3n) is 5.05. The Morgan fingerprint density at radius 3 is 2.50 bits per heavy atom. The Balaban J connectivity index is 2.18. The van der Waals surface area contributed by atoms with Crippen LogP contribution in [-0.4, -0.2) is 0 Å². The van der Waals surface area contributed by atoms with Crippen LogP contribution in [0.4, 0.5) is 0 Å². The zero-order chi connectivity index (χ0) is 14.6. The lowest BCUT2D eigenvalue weighted by Gasteiger charge is -2.43. The van der Waals surface area contributed by atoms with Gasteiger partial charge in [0.1, 0.15) is 0 Å². The summed E-state index contributed by atoms with van der Waals surface area (Å²) in [5, 5.41) is 0. The summed E-state index contributed by atoms with van der Waals surface area (Å²) in [5.74, 6) is 6.53. The lowest BCUT2D eigenvalue weighted by Crippen LogP contribution is -2.41. The highest BCUT2D eigenvalue weighted by Gasteiger charge is 2.37. The molecule has 1 aromatic rings. The van der Waals surface area contributed by atoms with E-state index < -0.39 is 0 Å². The van der Waals surface area contributed by atoms with E-state index in [0.717, 1.165) is 6.42 Å². The minimum Gasteiger partial charge on any atom is -0.271 e. The summed E-state index contributed by atoms with van der Waals surface area (Å²) >= 11 is 0. The first-order valence-electron chi connectivity index (χ1n) is 8.13. The zero-order valence-electron chi connectivity index (χ0n) is 13.3. The Morgan fingerprint density at radius 1 is 1.25 bits per heavy atom. The Kier molecular flexibility index (Phi) is 5.22. The molecule has 0 aromatic heterocycles. The Labute approximate surface area is 124 Å². The van der Waals surface area contributed by atoms with Crippen molar-refractivity contribution in [2.45, 2.75) is 65.3 Å². The van der Waals surface area contributed by atoms with Crippen molar-refractivity contribution in [2.75, 3.05) is 0 Å². The van der Waals surface area contributed by atoms with E-state index in [4.69, 9.17) is 5.84 Å². The maximum atomic E-state index is 5.90. The number of nitrogens with one attached hydrogen (secondary N) is 1. The fourth-order valence-corrected chi connectivity index (χ4v) is 3.76. The molecule has 112 valence electrons. The molecule has 2 nitrogen and oxygen atoms in total. The van der Waals surface area contributed by atoms with E-state index in [1.807, 2.05) is 0 Å². The van der Waals surface area contributed by atoms with Crippen molar-refractivity contribution >= 4 is 0 Å². The van der Waals surface area contributed by atoms with E-state index in [-0.39, 0.29) is 6.04 Å². The highest BCUT2D eigenvalue weighted by atomic mass is 15.2. The van der Waals surface area contributed by atoms with Gasteiger partial charge in [0.05, 0.1) is 0 Å². The topological polar surface area (TPSA) is 38.0 Å². The van der Waals surface area contributed by atoms with Gasteiger partial charge in [-0.1, -0.05) is 64.3 Å². The van der Waals surface area contributed by atoms with E-state index in [1.54, 1.807) is 0 Å². The van der Waals surface area contributed by atoms with Gasteiger partial charge in [0, 0.05) is 6.04 Å². The van der Waals surface area contributed by atoms with Crippen LogP contribution in [0.1, 0.15) is 70.0 Å². The van der Waals surface area contributed by atoms with E-state index >= 15 is 0 Å². The van der Waals surface area contributed by atoms with Crippen LogP contribution in [0.5, 0.6) is 0 Å². The van der Waals surface area contributed by atoms with Gasteiger partial charge in [0.15, 0.2) is 0 Å². The summed E-state index contributed by atoms with van der Waals surface area (Å²) in [5.41, 5.74) is 6.23. The van der Waals surface area contributed by atoms with E-state index in [0.29, 0.717) is 11.3 Å². The van der Waals surface area contributed by atoms with Crippen LogP contribution in [-0.2, 0) is 6.42 Å². The van der Waals surface area contributed by atoms with Gasteiger partial charge in [-0.05, 0) is 41.7 Å². The molecule has 0 amide bonds. The van der Waals surface area contributed by atoms with Crippen molar-refractivity contribution in [3.8, 4) is 0 Å². The van der Waals surface area contributed by atoms with Crippen LogP contribution >= 0.6 is 0 Å². The first-order valence-corrected chi connectivity index (χ1v) is 8.13. The molecule has 0 heterocycles. The molecular formula is C18H30N2. The Hall–Kier alpha value is -0.860. The molecular weight excluding hydrogens is 244 g/mol. The van der Waals surface area contributed by atoms with Gasteiger partial charge in [-0.3, -0.25) is 11.3 Å². The summed E-state index contributed by atoms with van der Waals surface area (Å²) in [7, 11) is 0. The molecule has 1 fully saturated rings. The predicted octanol–water partition coefficient (Wildman–Crippen LogP) is 4.36. The van der Waals surface area contributed by atoms with Crippen molar-refractivity contribution in [3.63, 3.8) is 0 Å². The average Bonchev–Trinajstić information content (AvgIpc) is 2.43. The summed E-state index contributed by atoms with van der Waals surface area (Å²) < 4.78 is 0. The van der Waals surface area contributed by atoms with E-state index in [1.165, 1.54) is 43.2 Å². The van der Waals surface area contributed by atoms with Gasteiger partial charge in [-0.15, -0.1) is 0 Å². The summed E-state index contributed by atoms with van der Waals surface area (Å²) in [6, 6.07) is 9.33. The summed E-state index contributed by atoms with van der Waals surface area (Å²) in [6.45, 7) is 7.02. The third-order valence-corrected chi connectivity index (χ3v) is 5.05. The number of nitrogens with two attached hydrogens (primary N) is 1. The minimum absolute atomic E-state index is 0.279. The first kappa shape index (κ1) is 15.5. The molecule has 1 aliphatic carbocycles. The molecule has 0 saturated heterocycles. The largest absolute Gasteiger partial charge is 0.271 e. The molecule has 2 heteroatoms. The van der Waals surface area contributed by atoms with Crippen molar-refractivity contribution < 1.29 is 0 Å². The highest BCUT2D eigenvalue weighted by molar-refractivity contribution is 5.26. The minimum atomic E-state index is 0.279. The van der Waals surface area contributed by atoms with Gasteiger partial charge < -0.3 is 0 Å². The van der Waals surface area contributed by atoms with Crippen molar-refractivity contribution in [1.82, 2.24) is 5.43 Å². The monoisotopic (exact) mass is 274 g/mol. The van der Waals surface area contributed by atoms with Gasteiger partial charge in [0.25, 0.3) is 0 Å². The van der Waals surface area contributed by atoms with Crippen LogP contribution < -0.4 is 11.3 Å². The average molecular weight is 274 g/mol. The first-order chi connectivity index (χ1) is 9.58. The quantitative estimate of drug-likeness (QED) is 0.618. The maximum Gasteiger partial charge on any atom is 0.0493 e. The Bertz CT molecular complexity index is 408. The van der Waals surface area contributed by atoms with Crippen molar-refractivity contribution in [2.24, 2.45) is 17.2 Å². The molecule has 2 unspecified atom stereocenters. The molecule has 1 aliphatic rings. The molecule has 1 aromatic carbocycles. The van der Waals surface area contributed by atoms with Crippen LogP contribution in [0.15, 0.2) is 24.3 Å². The molecule has 3 N–H and O–H groups in total. The standard InChI is InChI=1S/C18H30N2/c1-4-7-14-9-11-15(12-10-14)17(20-19)16-8-5-6-13-18(16,2)3/h9-12,16-17,20H,4-8,13,19H2,1-3H3. The second-order valence-corrected chi connectivity index (χ2v) is 6.98. The molecule has 0 spiro atoms. The number of hydrogen-bond acceptors (Lipinski definition) is 2. The van der Waals surface area contributed by atoms with Crippen LogP contribution in [0, 0.1) is 11.3 Å². The predicted molar refractivity (Wildman–Crippen MR) is 86.2 cm³/mol.